The Morgan fingerprint density at radius 3 is 2.43 bits per heavy atom. The molecular weight excluding hydrogens is 345 g/mol. The Kier molecular flexibility index (Phi) is 5.97. The molecule has 1 atom stereocenters. The van der Waals surface area contributed by atoms with Gasteiger partial charge in [-0.25, -0.2) is 4.79 Å². The van der Waals surface area contributed by atoms with Gasteiger partial charge in [0.05, 0.1) is 21.4 Å². The third-order valence-electron chi connectivity index (χ3n) is 2.46. The number of nitrogens with one attached hydrogen (secondary N) is 1. The van der Waals surface area contributed by atoms with Crippen LogP contribution in [0.5, 0.6) is 0 Å². The molecule has 116 valence electrons. The van der Waals surface area contributed by atoms with Gasteiger partial charge in [0.15, 0.2) is 0 Å². The molecule has 1 amide bonds. The molecule has 0 heterocycles. The SMILES string of the molecule is O=C(N[C@@H](CCS(=O)(=O)O)C(=O)O)c1cccc(Cl)c1Cl. The molecule has 0 saturated carbocycles. The van der Waals surface area contributed by atoms with Crippen molar-refractivity contribution in [3.8, 4) is 0 Å². The fraction of sp³-hybridized carbons (Fsp3) is 0.273. The third kappa shape index (κ3) is 5.50. The normalized spacial score (nSPS) is 12.7. The van der Waals surface area contributed by atoms with E-state index in [1.54, 1.807) is 0 Å². The van der Waals surface area contributed by atoms with Crippen molar-refractivity contribution in [2.45, 2.75) is 12.5 Å². The van der Waals surface area contributed by atoms with E-state index in [0.29, 0.717) is 0 Å². The average molecular weight is 356 g/mol. The van der Waals surface area contributed by atoms with E-state index in [1.165, 1.54) is 18.2 Å². The van der Waals surface area contributed by atoms with Crippen molar-refractivity contribution < 1.29 is 27.7 Å². The summed E-state index contributed by atoms with van der Waals surface area (Å²) in [6.07, 6.45) is -0.488. The molecule has 0 aliphatic carbocycles. The van der Waals surface area contributed by atoms with Crippen LogP contribution in [0.1, 0.15) is 16.8 Å². The molecule has 0 aliphatic heterocycles. The van der Waals surface area contributed by atoms with Crippen molar-refractivity contribution in [1.82, 2.24) is 5.32 Å². The third-order valence-corrected chi connectivity index (χ3v) is 4.03. The molecule has 0 aromatic heterocycles. The van der Waals surface area contributed by atoms with Crippen molar-refractivity contribution in [1.29, 1.82) is 0 Å². The Bertz CT molecular complexity index is 661. The minimum atomic E-state index is -4.33. The minimum absolute atomic E-state index is 0.0396. The molecule has 21 heavy (non-hydrogen) atoms. The lowest BCUT2D eigenvalue weighted by Gasteiger charge is -2.14. The van der Waals surface area contributed by atoms with Crippen molar-refractivity contribution in [3.05, 3.63) is 33.8 Å². The molecule has 0 fully saturated rings. The molecule has 3 N–H and O–H groups in total. The molecule has 0 aliphatic rings. The monoisotopic (exact) mass is 355 g/mol. The number of carbonyl (C=O) groups excluding carboxylic acids is 1. The minimum Gasteiger partial charge on any atom is -0.480 e. The lowest BCUT2D eigenvalue weighted by Crippen LogP contribution is -2.42. The number of carbonyl (C=O) groups is 2. The number of benzene rings is 1. The van der Waals surface area contributed by atoms with Gasteiger partial charge < -0.3 is 10.4 Å². The highest BCUT2D eigenvalue weighted by Gasteiger charge is 2.24. The highest BCUT2D eigenvalue weighted by atomic mass is 35.5. The van der Waals surface area contributed by atoms with Gasteiger partial charge in [0.2, 0.25) is 0 Å². The van der Waals surface area contributed by atoms with Crippen LogP contribution in [0.2, 0.25) is 10.0 Å². The fourth-order valence-electron chi connectivity index (χ4n) is 1.44. The second-order valence-electron chi connectivity index (χ2n) is 4.04. The second-order valence-corrected chi connectivity index (χ2v) is 6.40. The first kappa shape index (κ1) is 17.7. The first-order valence-corrected chi connectivity index (χ1v) is 7.91. The predicted molar refractivity (Wildman–Crippen MR) is 76.4 cm³/mol. The van der Waals surface area contributed by atoms with E-state index in [1.807, 2.05) is 0 Å². The maximum Gasteiger partial charge on any atom is 0.326 e. The number of amides is 1. The molecule has 0 unspecified atom stereocenters. The summed E-state index contributed by atoms with van der Waals surface area (Å²) >= 11 is 11.6. The Balaban J connectivity index is 2.86. The summed E-state index contributed by atoms with van der Waals surface area (Å²) in [7, 11) is -4.33. The van der Waals surface area contributed by atoms with E-state index >= 15 is 0 Å². The maximum absolute atomic E-state index is 11.9. The Morgan fingerprint density at radius 2 is 1.90 bits per heavy atom. The number of aliphatic carboxylic acids is 1. The van der Waals surface area contributed by atoms with E-state index in [9.17, 15) is 18.0 Å². The second kappa shape index (κ2) is 7.08. The lowest BCUT2D eigenvalue weighted by molar-refractivity contribution is -0.139. The molecule has 1 rings (SSSR count). The van der Waals surface area contributed by atoms with Crippen molar-refractivity contribution in [2.75, 3.05) is 5.75 Å². The van der Waals surface area contributed by atoms with Gasteiger partial charge in [-0.3, -0.25) is 9.35 Å². The predicted octanol–water partition coefficient (Wildman–Crippen LogP) is 1.45. The van der Waals surface area contributed by atoms with Crippen LogP contribution in [0.4, 0.5) is 0 Å². The molecule has 0 spiro atoms. The van der Waals surface area contributed by atoms with Gasteiger partial charge in [0.1, 0.15) is 6.04 Å². The van der Waals surface area contributed by atoms with E-state index in [0.717, 1.165) is 0 Å². The van der Waals surface area contributed by atoms with Crippen molar-refractivity contribution in [3.63, 3.8) is 0 Å². The zero-order chi connectivity index (χ0) is 16.2. The standard InChI is InChI=1S/C11H11Cl2NO6S/c12-7-3-1-2-6(9(7)13)10(15)14-8(11(16)17)4-5-21(18,19)20/h1-3,8H,4-5H2,(H,14,15)(H,16,17)(H,18,19,20)/t8-/m0/s1. The van der Waals surface area contributed by atoms with Crippen LogP contribution in [0.3, 0.4) is 0 Å². The van der Waals surface area contributed by atoms with E-state index in [2.05, 4.69) is 5.32 Å². The lowest BCUT2D eigenvalue weighted by atomic mass is 10.1. The number of hydrogen-bond donors (Lipinski definition) is 3. The van der Waals surface area contributed by atoms with E-state index in [4.69, 9.17) is 32.9 Å². The highest BCUT2D eigenvalue weighted by Crippen LogP contribution is 2.25. The Labute approximate surface area is 130 Å². The average Bonchev–Trinajstić information content (AvgIpc) is 2.36. The van der Waals surface area contributed by atoms with Crippen LogP contribution in [-0.4, -0.2) is 41.7 Å². The van der Waals surface area contributed by atoms with Crippen LogP contribution in [-0.2, 0) is 14.9 Å². The largest absolute Gasteiger partial charge is 0.480 e. The molecule has 0 radical (unpaired) electrons. The zero-order valence-electron chi connectivity index (χ0n) is 10.4. The first-order chi connectivity index (χ1) is 9.61. The summed E-state index contributed by atoms with van der Waals surface area (Å²) in [5, 5.41) is 11.1. The number of carboxylic acid groups (broad SMARTS) is 1. The fourth-order valence-corrected chi connectivity index (χ4v) is 2.36. The van der Waals surface area contributed by atoms with Crippen LogP contribution >= 0.6 is 23.2 Å². The van der Waals surface area contributed by atoms with Gasteiger partial charge in [-0.05, 0) is 18.6 Å². The van der Waals surface area contributed by atoms with Gasteiger partial charge in [-0.1, -0.05) is 29.3 Å². The van der Waals surface area contributed by atoms with Crippen LogP contribution in [0.15, 0.2) is 18.2 Å². The quantitative estimate of drug-likeness (QED) is 0.664. The number of rotatable bonds is 6. The molecule has 0 saturated heterocycles. The highest BCUT2D eigenvalue weighted by molar-refractivity contribution is 7.85. The maximum atomic E-state index is 11.9. The molecule has 1 aromatic rings. The summed E-state index contributed by atoms with van der Waals surface area (Å²) in [5.41, 5.74) is -0.0396. The van der Waals surface area contributed by atoms with Crippen LogP contribution < -0.4 is 5.32 Å². The summed E-state index contributed by atoms with van der Waals surface area (Å²) < 4.78 is 29.9. The molecule has 0 bridgehead atoms. The van der Waals surface area contributed by atoms with E-state index in [-0.39, 0.29) is 15.6 Å². The summed E-state index contributed by atoms with van der Waals surface area (Å²) in [6.45, 7) is 0. The molecule has 7 nitrogen and oxygen atoms in total. The summed E-state index contributed by atoms with van der Waals surface area (Å²) in [4.78, 5) is 22.9. The summed E-state index contributed by atoms with van der Waals surface area (Å²) in [6, 6.07) is 2.75. The van der Waals surface area contributed by atoms with Gasteiger partial charge in [0, 0.05) is 0 Å². The van der Waals surface area contributed by atoms with Gasteiger partial charge in [0.25, 0.3) is 16.0 Å². The zero-order valence-corrected chi connectivity index (χ0v) is 12.7. The van der Waals surface area contributed by atoms with Gasteiger partial charge in [-0.2, -0.15) is 8.42 Å². The Morgan fingerprint density at radius 1 is 1.29 bits per heavy atom. The van der Waals surface area contributed by atoms with Crippen LogP contribution in [0.25, 0.3) is 0 Å². The first-order valence-electron chi connectivity index (χ1n) is 5.54. The number of hydrogen-bond acceptors (Lipinski definition) is 4. The topological polar surface area (TPSA) is 121 Å². The molecule has 10 heteroatoms. The van der Waals surface area contributed by atoms with Crippen LogP contribution in [0, 0.1) is 0 Å². The molecule has 1 aromatic carbocycles. The van der Waals surface area contributed by atoms with Gasteiger partial charge in [-0.15, -0.1) is 0 Å². The Hall–Kier alpha value is -1.35. The summed E-state index contributed by atoms with van der Waals surface area (Å²) in [5.74, 6) is -3.05. The molecular formula is C11H11Cl2NO6S. The van der Waals surface area contributed by atoms with Gasteiger partial charge >= 0.3 is 5.97 Å². The smallest absolute Gasteiger partial charge is 0.326 e. The van der Waals surface area contributed by atoms with Crippen molar-refractivity contribution in [2.24, 2.45) is 0 Å². The van der Waals surface area contributed by atoms with Crippen molar-refractivity contribution >= 4 is 45.2 Å². The van der Waals surface area contributed by atoms with E-state index < -0.39 is 40.2 Å². The number of halogens is 2. The number of carboxylic acids is 1.